The van der Waals surface area contributed by atoms with E-state index in [2.05, 4.69) is 15.5 Å². The zero-order chi connectivity index (χ0) is 29.4. The van der Waals surface area contributed by atoms with Crippen LogP contribution < -0.4 is 10.1 Å². The monoisotopic (exact) mass is 569 g/mol. The molecular weight excluding hydrogens is 529 g/mol. The molecule has 1 fully saturated rings. The Bertz CT molecular complexity index is 1070. The Morgan fingerprint density at radius 2 is 1.73 bits per heavy atom. The first kappa shape index (κ1) is 31.9. The minimum Gasteiger partial charge on any atom is -0.445 e. The molecule has 1 saturated heterocycles. The van der Waals surface area contributed by atoms with Gasteiger partial charge in [0, 0.05) is 18.4 Å². The van der Waals surface area contributed by atoms with E-state index in [1.807, 2.05) is 38.1 Å². The Labute approximate surface area is 231 Å². The predicted molar refractivity (Wildman–Crippen MR) is 140 cm³/mol. The van der Waals surface area contributed by atoms with Crippen LogP contribution in [0, 0.1) is 0 Å². The predicted octanol–water partition coefficient (Wildman–Crippen LogP) is -0.566. The molecule has 0 bridgehead atoms. The number of hydrogen-bond donors (Lipinski definition) is 8. The number of benzene rings is 1. The molecule has 2 aromatic rings. The molecular formula is C27H40FN3O9. The number of carbonyl (C=O) groups excluding carboxylic acids is 1. The van der Waals surface area contributed by atoms with E-state index < -0.39 is 62.7 Å². The molecule has 1 aromatic carbocycles. The first-order chi connectivity index (χ1) is 19.1. The van der Waals surface area contributed by atoms with Crippen molar-refractivity contribution >= 4 is 5.91 Å². The Hall–Kier alpha value is -2.65. The lowest BCUT2D eigenvalue weighted by atomic mass is 9.98. The van der Waals surface area contributed by atoms with Gasteiger partial charge in [0.2, 0.25) is 18.1 Å². The number of H-pyrrole nitrogens is 1. The number of nitrogens with one attached hydrogen (secondary N) is 2. The smallest absolute Gasteiger partial charge is 0.231 e. The van der Waals surface area contributed by atoms with Crippen molar-refractivity contribution in [2.45, 2.75) is 81.8 Å². The number of aromatic nitrogens is 2. The maximum atomic E-state index is 14.1. The van der Waals surface area contributed by atoms with E-state index in [-0.39, 0.29) is 24.1 Å². The van der Waals surface area contributed by atoms with E-state index in [4.69, 9.17) is 9.47 Å². The lowest BCUT2D eigenvalue weighted by Crippen LogP contribution is -2.58. The van der Waals surface area contributed by atoms with Crippen molar-refractivity contribution in [1.82, 2.24) is 15.5 Å². The van der Waals surface area contributed by atoms with Gasteiger partial charge in [0.15, 0.2) is 6.17 Å². The number of aliphatic hydroxyl groups excluding tert-OH is 6. The standard InChI is InChI=1S/C27H40FN3O9/c1-15(2)22-18(25(31-30-22)40-26-24(38)23(37)21(28)19(11-32)39-26)10-17-8-6-16(7-9-17)4-3-5-20(36)29-27(12-33,13-34)14-35/h6-9,15,19,21,23-24,26,32-35,37-38H,3-5,10-14H2,1-2H3,(H,29,36)(H,30,31)/t19-,21-,23+,24-,26?/m1/s1. The first-order valence-electron chi connectivity index (χ1n) is 13.3. The number of carbonyl (C=O) groups is 1. The third-order valence-electron chi connectivity index (χ3n) is 7.03. The van der Waals surface area contributed by atoms with Crippen LogP contribution in [0.15, 0.2) is 24.3 Å². The van der Waals surface area contributed by atoms with Gasteiger partial charge in [-0.1, -0.05) is 38.1 Å². The molecule has 1 aliphatic heterocycles. The molecule has 1 amide bonds. The summed E-state index contributed by atoms with van der Waals surface area (Å²) in [7, 11) is 0. The van der Waals surface area contributed by atoms with Gasteiger partial charge in [-0.2, -0.15) is 5.10 Å². The molecule has 3 rings (SSSR count). The Morgan fingerprint density at radius 1 is 1.10 bits per heavy atom. The molecule has 5 atom stereocenters. The SMILES string of the molecule is CC(C)c1n[nH]c(OC2O[C@H](CO)[C@@H](F)[C@H](O)[C@H]2O)c1Cc1ccc(CCCC(=O)NC(CO)(CO)CO)cc1. The van der Waals surface area contributed by atoms with Crippen molar-refractivity contribution in [1.29, 1.82) is 0 Å². The highest BCUT2D eigenvalue weighted by atomic mass is 19.1. The number of nitrogens with zero attached hydrogens (tertiary/aromatic N) is 1. The van der Waals surface area contributed by atoms with Crippen molar-refractivity contribution in [3.8, 4) is 5.88 Å². The second-order valence-corrected chi connectivity index (χ2v) is 10.5. The molecule has 1 aliphatic rings. The van der Waals surface area contributed by atoms with Gasteiger partial charge < -0.3 is 45.4 Å². The van der Waals surface area contributed by atoms with Crippen molar-refractivity contribution in [2.24, 2.45) is 0 Å². The lowest BCUT2D eigenvalue weighted by molar-refractivity contribution is -0.265. The van der Waals surface area contributed by atoms with Gasteiger partial charge in [-0.25, -0.2) is 9.49 Å². The molecule has 13 heteroatoms. The van der Waals surface area contributed by atoms with Crippen LogP contribution in [-0.2, 0) is 22.4 Å². The van der Waals surface area contributed by atoms with Crippen LogP contribution >= 0.6 is 0 Å². The van der Waals surface area contributed by atoms with Crippen molar-refractivity contribution in [3.63, 3.8) is 0 Å². The zero-order valence-electron chi connectivity index (χ0n) is 22.7. The number of rotatable bonds is 14. The Balaban J connectivity index is 1.64. The number of amides is 1. The summed E-state index contributed by atoms with van der Waals surface area (Å²) in [6, 6.07) is 7.71. The highest BCUT2D eigenvalue weighted by Crippen LogP contribution is 2.31. The van der Waals surface area contributed by atoms with Gasteiger partial charge in [0.05, 0.1) is 32.1 Å². The molecule has 0 aliphatic carbocycles. The van der Waals surface area contributed by atoms with Gasteiger partial charge >= 0.3 is 0 Å². The highest BCUT2D eigenvalue weighted by Gasteiger charge is 2.46. The quantitative estimate of drug-likeness (QED) is 0.146. The van der Waals surface area contributed by atoms with Gasteiger partial charge in [-0.05, 0) is 29.9 Å². The molecule has 0 spiro atoms. The average Bonchev–Trinajstić information content (AvgIpc) is 3.35. The summed E-state index contributed by atoms with van der Waals surface area (Å²) in [4.78, 5) is 12.2. The molecule has 1 aromatic heterocycles. The molecule has 0 radical (unpaired) electrons. The molecule has 0 saturated carbocycles. The number of alkyl halides is 1. The van der Waals surface area contributed by atoms with E-state index >= 15 is 0 Å². The van der Waals surface area contributed by atoms with Gasteiger partial charge in [-0.3, -0.25) is 4.79 Å². The number of aliphatic hydroxyl groups is 6. The van der Waals surface area contributed by atoms with Crippen LogP contribution in [0.2, 0.25) is 0 Å². The van der Waals surface area contributed by atoms with Crippen LogP contribution in [-0.4, -0.2) is 109 Å². The van der Waals surface area contributed by atoms with Gasteiger partial charge in [0.25, 0.3) is 0 Å². The molecule has 8 N–H and O–H groups in total. The Morgan fingerprint density at radius 3 is 2.30 bits per heavy atom. The van der Waals surface area contributed by atoms with E-state index in [0.29, 0.717) is 24.8 Å². The summed E-state index contributed by atoms with van der Waals surface area (Å²) in [5.74, 6) is -0.151. The summed E-state index contributed by atoms with van der Waals surface area (Å²) in [6.07, 6.45) is -6.50. The number of hydrogen-bond acceptors (Lipinski definition) is 10. The molecule has 224 valence electrons. The second kappa shape index (κ2) is 14.3. The third-order valence-corrected chi connectivity index (χ3v) is 7.03. The summed E-state index contributed by atoms with van der Waals surface area (Å²) in [5.41, 5.74) is 1.90. The normalized spacial score (nSPS) is 23.4. The maximum absolute atomic E-state index is 14.1. The summed E-state index contributed by atoms with van der Waals surface area (Å²) < 4.78 is 25.3. The molecule has 2 heterocycles. The van der Waals surface area contributed by atoms with E-state index in [9.17, 15) is 39.8 Å². The number of halogens is 1. The Kier molecular flexibility index (Phi) is 11.4. The average molecular weight is 570 g/mol. The van der Waals surface area contributed by atoms with E-state index in [0.717, 1.165) is 16.8 Å². The van der Waals surface area contributed by atoms with Crippen LogP contribution in [0.4, 0.5) is 4.39 Å². The zero-order valence-corrected chi connectivity index (χ0v) is 22.7. The fraction of sp³-hybridized carbons (Fsp3) is 0.630. The summed E-state index contributed by atoms with van der Waals surface area (Å²) in [6.45, 7) is 1.49. The number of ether oxygens (including phenoxy) is 2. The van der Waals surface area contributed by atoms with E-state index in [1.165, 1.54) is 0 Å². The minimum atomic E-state index is -1.96. The third kappa shape index (κ3) is 7.55. The number of aromatic amines is 1. The summed E-state index contributed by atoms with van der Waals surface area (Å²) >= 11 is 0. The molecule has 12 nitrogen and oxygen atoms in total. The minimum absolute atomic E-state index is 0.0263. The fourth-order valence-corrected chi connectivity index (χ4v) is 4.47. The largest absolute Gasteiger partial charge is 0.445 e. The number of aryl methyl sites for hydroxylation is 1. The van der Waals surface area contributed by atoms with Crippen molar-refractivity contribution in [2.75, 3.05) is 26.4 Å². The second-order valence-electron chi connectivity index (χ2n) is 10.5. The molecule has 1 unspecified atom stereocenters. The topological polar surface area (TPSA) is 198 Å². The fourth-order valence-electron chi connectivity index (χ4n) is 4.47. The van der Waals surface area contributed by atoms with Crippen molar-refractivity contribution in [3.05, 3.63) is 46.6 Å². The summed E-state index contributed by atoms with van der Waals surface area (Å²) in [5, 5.41) is 67.3. The molecule has 40 heavy (non-hydrogen) atoms. The van der Waals surface area contributed by atoms with Crippen LogP contribution in [0.1, 0.15) is 55.0 Å². The highest BCUT2D eigenvalue weighted by molar-refractivity contribution is 5.76. The van der Waals surface area contributed by atoms with Gasteiger partial charge in [-0.15, -0.1) is 0 Å². The van der Waals surface area contributed by atoms with E-state index in [1.54, 1.807) is 0 Å². The van der Waals surface area contributed by atoms with Crippen LogP contribution in [0.3, 0.4) is 0 Å². The van der Waals surface area contributed by atoms with Crippen LogP contribution in [0.5, 0.6) is 5.88 Å². The van der Waals surface area contributed by atoms with Crippen LogP contribution in [0.25, 0.3) is 0 Å². The maximum Gasteiger partial charge on any atom is 0.231 e. The van der Waals surface area contributed by atoms with Crippen molar-refractivity contribution < 1.29 is 49.3 Å². The van der Waals surface area contributed by atoms with Gasteiger partial charge in [0.1, 0.15) is 23.9 Å². The first-order valence-corrected chi connectivity index (χ1v) is 13.3. The lowest BCUT2D eigenvalue weighted by Gasteiger charge is -2.38.